The third-order valence-corrected chi connectivity index (χ3v) is 6.25. The quantitative estimate of drug-likeness (QED) is 0.245. The van der Waals surface area contributed by atoms with Gasteiger partial charge in [-0.25, -0.2) is 4.90 Å². The lowest BCUT2D eigenvalue weighted by molar-refractivity contribution is -0.121. The lowest BCUT2D eigenvalue weighted by Crippen LogP contribution is -2.31. The number of rotatable bonds is 4. The number of nitrogens with two attached hydrogens (primary N) is 1. The van der Waals surface area contributed by atoms with Crippen LogP contribution in [0.15, 0.2) is 75.3 Å². The molecule has 4 rings (SSSR count). The van der Waals surface area contributed by atoms with Crippen LogP contribution in [0.2, 0.25) is 0 Å². The highest BCUT2D eigenvalue weighted by Crippen LogP contribution is 2.30. The minimum atomic E-state index is -0.666. The molecular formula is C22H17BrN4O3S. The van der Waals surface area contributed by atoms with Gasteiger partial charge in [-0.3, -0.25) is 9.59 Å². The summed E-state index contributed by atoms with van der Waals surface area (Å²) in [7, 11) is 0. The van der Waals surface area contributed by atoms with Gasteiger partial charge in [-0.05, 0) is 41.1 Å². The second-order valence-electron chi connectivity index (χ2n) is 6.76. The topological polar surface area (TPSA) is 108 Å². The summed E-state index contributed by atoms with van der Waals surface area (Å²) in [4.78, 5) is 26.2. The van der Waals surface area contributed by atoms with E-state index in [1.807, 2.05) is 30.3 Å². The van der Waals surface area contributed by atoms with E-state index < -0.39 is 5.25 Å². The van der Waals surface area contributed by atoms with Gasteiger partial charge in [-0.15, -0.1) is 5.10 Å². The van der Waals surface area contributed by atoms with Crippen LogP contribution in [0.1, 0.15) is 12.0 Å². The Hall–Kier alpha value is -3.17. The molecule has 0 saturated carbocycles. The van der Waals surface area contributed by atoms with Gasteiger partial charge >= 0.3 is 0 Å². The van der Waals surface area contributed by atoms with Crippen molar-refractivity contribution in [1.29, 1.82) is 0 Å². The molecule has 7 nitrogen and oxygen atoms in total. The molecule has 1 atom stereocenters. The summed E-state index contributed by atoms with van der Waals surface area (Å²) < 4.78 is 0.854. The monoisotopic (exact) mass is 496 g/mol. The minimum absolute atomic E-state index is 0.0314. The van der Waals surface area contributed by atoms with Gasteiger partial charge < -0.3 is 10.8 Å². The fraction of sp³-hybridized carbons (Fsp3) is 0.0909. The summed E-state index contributed by atoms with van der Waals surface area (Å²) in [6.07, 6.45) is 1.45. The number of anilines is 1. The maximum Gasteiger partial charge on any atom is 0.247 e. The fourth-order valence-electron chi connectivity index (χ4n) is 3.29. The van der Waals surface area contributed by atoms with Crippen LogP contribution in [0.5, 0.6) is 5.75 Å². The standard InChI is InChI=1S/C22H17BrN4O3S/c23-14-6-8-15(9-7-14)27-20(29)11-19(21(27)30)31-22(24)26-25-12-17-16-4-2-1-3-13(16)5-10-18(17)28/h1-10,12,19,28H,11H2,(H2,24,26)/b25-12-/t19-/m1/s1. The van der Waals surface area contributed by atoms with E-state index in [9.17, 15) is 14.7 Å². The summed E-state index contributed by atoms with van der Waals surface area (Å²) >= 11 is 4.33. The van der Waals surface area contributed by atoms with Crippen molar-refractivity contribution in [1.82, 2.24) is 0 Å². The van der Waals surface area contributed by atoms with Crippen LogP contribution >= 0.6 is 27.7 Å². The normalized spacial score (nSPS) is 17.3. The van der Waals surface area contributed by atoms with E-state index in [1.54, 1.807) is 30.3 Å². The maximum absolute atomic E-state index is 12.7. The molecule has 1 aliphatic heterocycles. The van der Waals surface area contributed by atoms with Crippen LogP contribution in [0.25, 0.3) is 10.8 Å². The molecule has 2 amide bonds. The van der Waals surface area contributed by atoms with E-state index in [1.165, 1.54) is 6.21 Å². The molecule has 31 heavy (non-hydrogen) atoms. The van der Waals surface area contributed by atoms with Crippen LogP contribution in [0.3, 0.4) is 0 Å². The molecule has 3 aromatic rings. The number of carbonyl (C=O) groups is 2. The Kier molecular flexibility index (Phi) is 6.06. The first-order valence-electron chi connectivity index (χ1n) is 9.30. The predicted octanol–water partition coefficient (Wildman–Crippen LogP) is 4.02. The van der Waals surface area contributed by atoms with Gasteiger partial charge in [0, 0.05) is 16.5 Å². The third-order valence-electron chi connectivity index (χ3n) is 4.74. The number of benzene rings is 3. The first-order valence-corrected chi connectivity index (χ1v) is 11.0. The molecule has 1 saturated heterocycles. The second kappa shape index (κ2) is 8.91. The molecule has 0 radical (unpaired) electrons. The number of phenols is 1. The van der Waals surface area contributed by atoms with Crippen molar-refractivity contribution < 1.29 is 14.7 Å². The van der Waals surface area contributed by atoms with E-state index in [4.69, 9.17) is 5.73 Å². The number of fused-ring (bicyclic) bond motifs is 1. The Labute approximate surface area is 190 Å². The zero-order valence-corrected chi connectivity index (χ0v) is 18.5. The Morgan fingerprint density at radius 1 is 1.13 bits per heavy atom. The second-order valence-corrected chi connectivity index (χ2v) is 8.90. The molecule has 1 fully saturated rings. The third kappa shape index (κ3) is 4.47. The number of hydrogen-bond acceptors (Lipinski definition) is 6. The number of amides is 2. The zero-order chi connectivity index (χ0) is 22.0. The summed E-state index contributed by atoms with van der Waals surface area (Å²) in [5.41, 5.74) is 6.97. The van der Waals surface area contributed by atoms with Crippen molar-refractivity contribution in [3.8, 4) is 5.75 Å². The molecule has 0 unspecified atom stereocenters. The van der Waals surface area contributed by atoms with Gasteiger partial charge in [0.1, 0.15) is 11.0 Å². The molecule has 1 heterocycles. The van der Waals surface area contributed by atoms with Gasteiger partial charge in [0.25, 0.3) is 0 Å². The number of thioether (sulfide) groups is 1. The Morgan fingerprint density at radius 2 is 1.87 bits per heavy atom. The molecule has 0 aliphatic carbocycles. The molecule has 1 aliphatic rings. The van der Waals surface area contributed by atoms with E-state index in [0.29, 0.717) is 11.3 Å². The van der Waals surface area contributed by atoms with Crippen LogP contribution in [-0.2, 0) is 9.59 Å². The molecule has 3 aromatic carbocycles. The SMILES string of the molecule is NC(=N/N=C\c1c(O)ccc2ccccc12)S[C@@H]1CC(=O)N(c2ccc(Br)cc2)C1=O. The van der Waals surface area contributed by atoms with Crippen LogP contribution in [0, 0.1) is 0 Å². The van der Waals surface area contributed by atoms with Gasteiger partial charge in [-0.1, -0.05) is 58.0 Å². The minimum Gasteiger partial charge on any atom is -0.507 e. The lowest BCUT2D eigenvalue weighted by atomic mass is 10.0. The largest absolute Gasteiger partial charge is 0.507 e. The molecule has 0 bridgehead atoms. The summed E-state index contributed by atoms with van der Waals surface area (Å²) in [6.45, 7) is 0. The highest BCUT2D eigenvalue weighted by molar-refractivity contribution is 9.10. The Morgan fingerprint density at radius 3 is 2.65 bits per heavy atom. The first kappa shape index (κ1) is 21.1. The Balaban J connectivity index is 1.48. The van der Waals surface area contributed by atoms with Crippen molar-refractivity contribution in [2.45, 2.75) is 11.7 Å². The number of halogens is 1. The number of hydrogen-bond donors (Lipinski definition) is 2. The van der Waals surface area contributed by atoms with Crippen molar-refractivity contribution >= 4 is 67.3 Å². The fourth-order valence-corrected chi connectivity index (χ4v) is 4.37. The average molecular weight is 497 g/mol. The van der Waals surface area contributed by atoms with Crippen molar-refractivity contribution in [2.75, 3.05) is 4.90 Å². The van der Waals surface area contributed by atoms with Crippen LogP contribution < -0.4 is 10.6 Å². The molecule has 9 heteroatoms. The van der Waals surface area contributed by atoms with E-state index in [-0.39, 0.29) is 29.2 Å². The lowest BCUT2D eigenvalue weighted by Gasteiger charge is -2.14. The number of aromatic hydroxyl groups is 1. The number of amidine groups is 1. The smallest absolute Gasteiger partial charge is 0.247 e. The van der Waals surface area contributed by atoms with Crippen molar-refractivity contribution in [2.24, 2.45) is 15.9 Å². The molecular weight excluding hydrogens is 480 g/mol. The Bertz CT molecular complexity index is 1230. The van der Waals surface area contributed by atoms with Gasteiger partial charge in [-0.2, -0.15) is 5.10 Å². The zero-order valence-electron chi connectivity index (χ0n) is 16.1. The van der Waals surface area contributed by atoms with Crippen LogP contribution in [0.4, 0.5) is 5.69 Å². The number of nitrogens with zero attached hydrogens (tertiary/aromatic N) is 3. The van der Waals surface area contributed by atoms with Gasteiger partial charge in [0.2, 0.25) is 11.8 Å². The average Bonchev–Trinajstić information content (AvgIpc) is 3.03. The molecule has 3 N–H and O–H groups in total. The highest BCUT2D eigenvalue weighted by atomic mass is 79.9. The van der Waals surface area contributed by atoms with E-state index >= 15 is 0 Å². The maximum atomic E-state index is 12.7. The molecule has 156 valence electrons. The van der Waals surface area contributed by atoms with Gasteiger partial charge in [0.05, 0.1) is 11.9 Å². The number of phenolic OH excluding ortho intramolecular Hbond substituents is 1. The highest BCUT2D eigenvalue weighted by Gasteiger charge is 2.40. The van der Waals surface area contributed by atoms with Crippen molar-refractivity contribution in [3.05, 3.63) is 70.7 Å². The summed E-state index contributed by atoms with van der Waals surface area (Å²) in [6, 6.07) is 17.9. The van der Waals surface area contributed by atoms with Crippen LogP contribution in [-0.4, -0.2) is 33.6 Å². The van der Waals surface area contributed by atoms with Crippen molar-refractivity contribution in [3.63, 3.8) is 0 Å². The molecule has 0 spiro atoms. The summed E-state index contributed by atoms with van der Waals surface area (Å²) in [5, 5.41) is 19.2. The number of carbonyl (C=O) groups excluding carboxylic acids is 2. The summed E-state index contributed by atoms with van der Waals surface area (Å²) in [5.74, 6) is -0.557. The first-order chi connectivity index (χ1) is 14.9. The van der Waals surface area contributed by atoms with Gasteiger partial charge in [0.15, 0.2) is 5.17 Å². The van der Waals surface area contributed by atoms with E-state index in [2.05, 4.69) is 26.1 Å². The predicted molar refractivity (Wildman–Crippen MR) is 127 cm³/mol. The van der Waals surface area contributed by atoms with E-state index in [0.717, 1.165) is 31.9 Å². The number of imide groups is 1. The molecule has 0 aromatic heterocycles.